The molecule has 1 aliphatic heterocycles. The summed E-state index contributed by atoms with van der Waals surface area (Å²) in [7, 11) is 0. The van der Waals surface area contributed by atoms with E-state index < -0.39 is 0 Å². The van der Waals surface area contributed by atoms with Crippen molar-refractivity contribution in [3.8, 4) is 0 Å². The maximum Gasteiger partial charge on any atom is 0.205 e. The summed E-state index contributed by atoms with van der Waals surface area (Å²) >= 11 is 1.48. The Bertz CT molecular complexity index is 406. The topological polar surface area (TPSA) is 58.5 Å². The Labute approximate surface area is 111 Å². The van der Waals surface area contributed by atoms with Gasteiger partial charge < -0.3 is 14.7 Å². The molecule has 2 aliphatic rings. The molecule has 1 saturated carbocycles. The van der Waals surface area contributed by atoms with Crippen LogP contribution < -0.4 is 4.90 Å². The van der Waals surface area contributed by atoms with Crippen molar-refractivity contribution in [1.29, 1.82) is 0 Å². The lowest BCUT2D eigenvalue weighted by Gasteiger charge is -2.35. The van der Waals surface area contributed by atoms with Crippen LogP contribution in [0.25, 0.3) is 0 Å². The van der Waals surface area contributed by atoms with Gasteiger partial charge in [-0.1, -0.05) is 0 Å². The maximum atomic E-state index is 9.56. The third-order valence-electron chi connectivity index (χ3n) is 3.46. The lowest BCUT2D eigenvalue weighted by atomic mass is 10.1. The second kappa shape index (κ2) is 5.11. The van der Waals surface area contributed by atoms with Crippen LogP contribution >= 0.6 is 11.5 Å². The van der Waals surface area contributed by atoms with Gasteiger partial charge in [-0.05, 0) is 26.2 Å². The van der Waals surface area contributed by atoms with Gasteiger partial charge in [-0.2, -0.15) is 4.37 Å². The maximum absolute atomic E-state index is 9.56. The van der Waals surface area contributed by atoms with Crippen molar-refractivity contribution in [2.24, 2.45) is 0 Å². The molecule has 1 N–H and O–H groups in total. The van der Waals surface area contributed by atoms with E-state index in [1.807, 2.05) is 6.92 Å². The summed E-state index contributed by atoms with van der Waals surface area (Å²) < 4.78 is 9.96. The highest BCUT2D eigenvalue weighted by Crippen LogP contribution is 2.40. The molecule has 18 heavy (non-hydrogen) atoms. The molecule has 3 rings (SSSR count). The van der Waals surface area contributed by atoms with Crippen LogP contribution in [0.3, 0.4) is 0 Å². The van der Waals surface area contributed by atoms with Crippen molar-refractivity contribution < 1.29 is 9.84 Å². The normalized spacial score (nSPS) is 26.3. The summed E-state index contributed by atoms with van der Waals surface area (Å²) in [5.74, 6) is 1.61. The SMILES string of the molecule is CC(O)CC1COCCN1c1nc(C2CC2)ns1. The van der Waals surface area contributed by atoms with Gasteiger partial charge in [0, 0.05) is 24.0 Å². The van der Waals surface area contributed by atoms with Gasteiger partial charge in [-0.15, -0.1) is 0 Å². The smallest absolute Gasteiger partial charge is 0.205 e. The van der Waals surface area contributed by atoms with E-state index in [0.29, 0.717) is 12.5 Å². The summed E-state index contributed by atoms with van der Waals surface area (Å²) in [5, 5.41) is 10.5. The number of aliphatic hydroxyl groups is 1. The lowest BCUT2D eigenvalue weighted by Crippen LogP contribution is -2.46. The fraction of sp³-hybridized carbons (Fsp3) is 0.833. The van der Waals surface area contributed by atoms with Crippen molar-refractivity contribution in [3.05, 3.63) is 5.82 Å². The third kappa shape index (κ3) is 2.65. The molecule has 2 atom stereocenters. The molecule has 0 radical (unpaired) electrons. The number of rotatable bonds is 4. The van der Waals surface area contributed by atoms with Crippen molar-refractivity contribution in [3.63, 3.8) is 0 Å². The molecule has 100 valence electrons. The fourth-order valence-corrected chi connectivity index (χ4v) is 3.19. The fourth-order valence-electron chi connectivity index (χ4n) is 2.35. The highest BCUT2D eigenvalue weighted by molar-refractivity contribution is 7.09. The first-order valence-electron chi connectivity index (χ1n) is 6.60. The van der Waals surface area contributed by atoms with Gasteiger partial charge in [0.05, 0.1) is 25.4 Å². The Morgan fingerprint density at radius 1 is 1.56 bits per heavy atom. The van der Waals surface area contributed by atoms with Gasteiger partial charge in [0.15, 0.2) is 0 Å². The quantitative estimate of drug-likeness (QED) is 0.895. The molecule has 5 nitrogen and oxygen atoms in total. The molecule has 2 heterocycles. The van der Waals surface area contributed by atoms with E-state index >= 15 is 0 Å². The molecule has 2 fully saturated rings. The zero-order valence-electron chi connectivity index (χ0n) is 10.6. The van der Waals surface area contributed by atoms with Crippen molar-refractivity contribution in [2.45, 2.75) is 44.2 Å². The molecule has 0 spiro atoms. The van der Waals surface area contributed by atoms with Crippen molar-refractivity contribution in [1.82, 2.24) is 9.36 Å². The molecular weight excluding hydrogens is 250 g/mol. The molecule has 0 aromatic carbocycles. The van der Waals surface area contributed by atoms with Crippen LogP contribution in [0.1, 0.15) is 37.9 Å². The first-order chi connectivity index (χ1) is 8.74. The Kier molecular flexibility index (Phi) is 3.50. The van der Waals surface area contributed by atoms with Crippen LogP contribution in [-0.2, 0) is 4.74 Å². The summed E-state index contributed by atoms with van der Waals surface area (Å²) in [5.41, 5.74) is 0. The van der Waals surface area contributed by atoms with Gasteiger partial charge in [-0.25, -0.2) is 4.98 Å². The van der Waals surface area contributed by atoms with Crippen LogP contribution in [0.2, 0.25) is 0 Å². The summed E-state index contributed by atoms with van der Waals surface area (Å²) in [6.07, 6.45) is 2.88. The Balaban J connectivity index is 1.73. The van der Waals surface area contributed by atoms with E-state index in [9.17, 15) is 5.11 Å². The standard InChI is InChI=1S/C12H19N3O2S/c1-8(16)6-10-7-17-5-4-15(10)12-13-11(14-18-12)9-2-3-9/h8-10,16H,2-7H2,1H3. The van der Waals surface area contributed by atoms with Gasteiger partial charge in [0.1, 0.15) is 5.82 Å². The molecule has 1 aromatic heterocycles. The zero-order chi connectivity index (χ0) is 12.5. The minimum Gasteiger partial charge on any atom is -0.393 e. The first kappa shape index (κ1) is 12.3. The highest BCUT2D eigenvalue weighted by atomic mass is 32.1. The van der Waals surface area contributed by atoms with Gasteiger partial charge in [0.25, 0.3) is 0 Å². The molecule has 2 unspecified atom stereocenters. The Hall–Kier alpha value is -0.720. The average Bonchev–Trinajstić information content (AvgIpc) is 3.08. The van der Waals surface area contributed by atoms with Crippen LogP contribution in [0, 0.1) is 0 Å². The van der Waals surface area contributed by atoms with E-state index in [4.69, 9.17) is 4.74 Å². The first-order valence-corrected chi connectivity index (χ1v) is 7.37. The molecule has 1 saturated heterocycles. The predicted molar refractivity (Wildman–Crippen MR) is 70.1 cm³/mol. The molecule has 1 aliphatic carbocycles. The molecule has 0 amide bonds. The van der Waals surface area contributed by atoms with E-state index in [1.165, 1.54) is 24.4 Å². The zero-order valence-corrected chi connectivity index (χ0v) is 11.4. The van der Waals surface area contributed by atoms with Gasteiger partial charge in [0.2, 0.25) is 5.13 Å². The summed E-state index contributed by atoms with van der Waals surface area (Å²) in [6.45, 7) is 4.07. The number of aromatic nitrogens is 2. The number of anilines is 1. The number of hydrogen-bond acceptors (Lipinski definition) is 6. The number of aliphatic hydroxyl groups excluding tert-OH is 1. The molecule has 6 heteroatoms. The van der Waals surface area contributed by atoms with Gasteiger partial charge >= 0.3 is 0 Å². The van der Waals surface area contributed by atoms with E-state index in [1.54, 1.807) is 0 Å². The van der Waals surface area contributed by atoms with Crippen LogP contribution in [0.15, 0.2) is 0 Å². The third-order valence-corrected chi connectivity index (χ3v) is 4.23. The number of ether oxygens (including phenoxy) is 1. The van der Waals surface area contributed by atoms with E-state index in [-0.39, 0.29) is 12.1 Å². The minimum absolute atomic E-state index is 0.221. The molecular formula is C12H19N3O2S. The van der Waals surface area contributed by atoms with Gasteiger partial charge in [-0.3, -0.25) is 0 Å². The highest BCUT2D eigenvalue weighted by Gasteiger charge is 2.31. The van der Waals surface area contributed by atoms with Crippen LogP contribution in [-0.4, -0.2) is 46.4 Å². The molecule has 0 bridgehead atoms. The second-order valence-electron chi connectivity index (χ2n) is 5.22. The second-order valence-corrected chi connectivity index (χ2v) is 5.95. The predicted octanol–water partition coefficient (Wildman–Crippen LogP) is 1.39. The summed E-state index contributed by atoms with van der Waals surface area (Å²) in [4.78, 5) is 6.90. The molecule has 1 aromatic rings. The number of hydrogen-bond donors (Lipinski definition) is 1. The van der Waals surface area contributed by atoms with Crippen molar-refractivity contribution >= 4 is 16.7 Å². The summed E-state index contributed by atoms with van der Waals surface area (Å²) in [6, 6.07) is 0.221. The largest absolute Gasteiger partial charge is 0.393 e. The Morgan fingerprint density at radius 2 is 2.39 bits per heavy atom. The van der Waals surface area contributed by atoms with E-state index in [0.717, 1.165) is 30.5 Å². The van der Waals surface area contributed by atoms with Crippen LogP contribution in [0.4, 0.5) is 5.13 Å². The van der Waals surface area contributed by atoms with Crippen molar-refractivity contribution in [2.75, 3.05) is 24.7 Å². The monoisotopic (exact) mass is 269 g/mol. The average molecular weight is 269 g/mol. The number of morpholine rings is 1. The minimum atomic E-state index is -0.310. The number of nitrogens with zero attached hydrogens (tertiary/aromatic N) is 3. The Morgan fingerprint density at radius 3 is 3.11 bits per heavy atom. The lowest BCUT2D eigenvalue weighted by molar-refractivity contribution is 0.0721. The van der Waals surface area contributed by atoms with E-state index in [2.05, 4.69) is 14.3 Å². The van der Waals surface area contributed by atoms with Crippen LogP contribution in [0.5, 0.6) is 0 Å².